The van der Waals surface area contributed by atoms with Crippen molar-refractivity contribution in [2.24, 2.45) is 0 Å². The molecule has 14 heteroatoms. The number of ether oxygens (including phenoxy) is 7. The monoisotopic (exact) mass is 971 g/mol. The first-order valence-corrected chi connectivity index (χ1v) is 27.6. The van der Waals surface area contributed by atoms with Crippen LogP contribution in [0.25, 0.3) is 0 Å². The molecule has 0 amide bonds. The van der Waals surface area contributed by atoms with Crippen molar-refractivity contribution in [3.8, 4) is 0 Å². The molecule has 1 aliphatic rings. The topological polar surface area (TPSA) is 167 Å². The van der Waals surface area contributed by atoms with Crippen molar-refractivity contribution in [3.63, 3.8) is 0 Å². The van der Waals surface area contributed by atoms with Crippen LogP contribution in [0.4, 0.5) is 0 Å². The van der Waals surface area contributed by atoms with Gasteiger partial charge in [-0.1, -0.05) is 205 Å². The number of rotatable bonds is 43. The van der Waals surface area contributed by atoms with E-state index in [1.807, 2.05) is 0 Å². The third kappa shape index (κ3) is 35.1. The van der Waals surface area contributed by atoms with E-state index in [0.29, 0.717) is 12.8 Å². The maximum atomic E-state index is 13.2. The summed E-state index contributed by atoms with van der Waals surface area (Å²) in [5.41, 5.74) is 0. The number of carbonyl (C=O) groups is 6. The average Bonchev–Trinajstić information content (AvgIpc) is 3.27. The molecule has 0 bridgehead atoms. The van der Waals surface area contributed by atoms with Gasteiger partial charge in [-0.25, -0.2) is 0 Å². The summed E-state index contributed by atoms with van der Waals surface area (Å²) >= 11 is 0.903. The van der Waals surface area contributed by atoms with E-state index < -0.39 is 66.7 Å². The van der Waals surface area contributed by atoms with Crippen LogP contribution in [0, 0.1) is 0 Å². The van der Waals surface area contributed by atoms with Crippen molar-refractivity contribution >= 4 is 46.7 Å². The number of hydrogen-bond acceptors (Lipinski definition) is 14. The van der Waals surface area contributed by atoms with Gasteiger partial charge in [-0.2, -0.15) is 0 Å². The Kier molecular flexibility index (Phi) is 39.2. The zero-order valence-corrected chi connectivity index (χ0v) is 43.7. The van der Waals surface area contributed by atoms with Gasteiger partial charge in [0.05, 0.1) is 6.61 Å². The van der Waals surface area contributed by atoms with Crippen LogP contribution in [0.3, 0.4) is 0 Å². The fraction of sp³-hybridized carbons (Fsp3) is 0.887. The molecule has 0 spiro atoms. The van der Waals surface area contributed by atoms with Crippen LogP contribution in [-0.2, 0) is 61.9 Å². The minimum absolute atomic E-state index is 0.00765. The third-order valence-electron chi connectivity index (χ3n) is 12.1. The highest BCUT2D eigenvalue weighted by Crippen LogP contribution is 2.32. The van der Waals surface area contributed by atoms with Crippen LogP contribution in [0.1, 0.15) is 247 Å². The number of thioether (sulfide) groups is 1. The van der Waals surface area contributed by atoms with Gasteiger partial charge < -0.3 is 33.2 Å². The predicted octanol–water partition coefficient (Wildman–Crippen LogP) is 12.8. The molecule has 1 aliphatic heterocycles. The van der Waals surface area contributed by atoms with Crippen molar-refractivity contribution < 1.29 is 61.9 Å². The highest BCUT2D eigenvalue weighted by atomic mass is 32.2. The highest BCUT2D eigenvalue weighted by molar-refractivity contribution is 8.13. The fourth-order valence-electron chi connectivity index (χ4n) is 8.43. The Morgan fingerprint density at radius 2 is 0.806 bits per heavy atom. The first kappa shape index (κ1) is 62.3. The van der Waals surface area contributed by atoms with Gasteiger partial charge in [-0.05, 0) is 12.8 Å². The average molecular weight is 971 g/mol. The molecule has 1 rings (SSSR count). The summed E-state index contributed by atoms with van der Waals surface area (Å²) in [5, 5.41) is -0.235. The third-order valence-corrected chi connectivity index (χ3v) is 13.0. The maximum Gasteiger partial charge on any atom is 0.306 e. The van der Waals surface area contributed by atoms with Crippen molar-refractivity contribution in [2.45, 2.75) is 284 Å². The normalized spacial score (nSPS) is 18.5. The summed E-state index contributed by atoms with van der Waals surface area (Å²) < 4.78 is 40.3. The van der Waals surface area contributed by atoms with Crippen LogP contribution < -0.4 is 0 Å². The van der Waals surface area contributed by atoms with Gasteiger partial charge in [-0.15, -0.1) is 0 Å². The van der Waals surface area contributed by atoms with E-state index in [4.69, 9.17) is 33.2 Å². The lowest BCUT2D eigenvalue weighted by Gasteiger charge is -2.44. The second-order valence-corrected chi connectivity index (χ2v) is 19.8. The molecule has 6 atom stereocenters. The van der Waals surface area contributed by atoms with Gasteiger partial charge in [-0.3, -0.25) is 28.8 Å². The molecule has 0 aromatic carbocycles. The van der Waals surface area contributed by atoms with Gasteiger partial charge >= 0.3 is 29.8 Å². The van der Waals surface area contributed by atoms with Crippen LogP contribution in [0.5, 0.6) is 0 Å². The zero-order chi connectivity index (χ0) is 49.3. The number of hydrogen-bond donors (Lipinski definition) is 0. The summed E-state index contributed by atoms with van der Waals surface area (Å²) in [6.07, 6.45) is 29.3. The molecule has 390 valence electrons. The molecule has 0 radical (unpaired) electrons. The summed E-state index contributed by atoms with van der Waals surface area (Å²) in [5.74, 6) is -3.10. The molecule has 1 fully saturated rings. The second kappa shape index (κ2) is 42.2. The molecule has 13 nitrogen and oxygen atoms in total. The van der Waals surface area contributed by atoms with Gasteiger partial charge in [0.2, 0.25) is 0 Å². The van der Waals surface area contributed by atoms with Crippen molar-refractivity contribution in [2.75, 3.05) is 19.0 Å². The molecule has 1 saturated heterocycles. The minimum Gasteiger partial charge on any atom is -0.462 e. The number of unbranched alkanes of at least 4 members (excludes halogenated alkanes) is 28. The second-order valence-electron chi connectivity index (χ2n) is 18.6. The molecule has 1 heterocycles. The lowest BCUT2D eigenvalue weighted by molar-refractivity contribution is -0.303. The minimum atomic E-state index is -1.41. The molecule has 67 heavy (non-hydrogen) atoms. The lowest BCUT2D eigenvalue weighted by Crippen LogP contribution is -2.62. The van der Waals surface area contributed by atoms with E-state index in [2.05, 4.69) is 13.8 Å². The fourth-order valence-corrected chi connectivity index (χ4v) is 9.09. The molecular weight excluding hydrogens is 877 g/mol. The molecule has 0 N–H and O–H groups in total. The van der Waals surface area contributed by atoms with Crippen molar-refractivity contribution in [1.29, 1.82) is 0 Å². The van der Waals surface area contributed by atoms with Gasteiger partial charge in [0, 0.05) is 46.3 Å². The van der Waals surface area contributed by atoms with Crippen LogP contribution in [0.2, 0.25) is 0 Å². The van der Waals surface area contributed by atoms with Crippen LogP contribution in [0.15, 0.2) is 0 Å². The maximum absolute atomic E-state index is 13.2. The lowest BCUT2D eigenvalue weighted by atomic mass is 9.98. The van der Waals surface area contributed by atoms with Crippen LogP contribution in [-0.4, -0.2) is 90.7 Å². The summed E-state index contributed by atoms with van der Waals surface area (Å²) in [6, 6.07) is 0. The zero-order valence-electron chi connectivity index (χ0n) is 42.9. The molecule has 0 aromatic rings. The Morgan fingerprint density at radius 3 is 1.19 bits per heavy atom. The van der Waals surface area contributed by atoms with Crippen molar-refractivity contribution in [3.05, 3.63) is 0 Å². The Balaban J connectivity index is 2.78. The molecule has 0 aromatic heterocycles. The Hall–Kier alpha value is -2.71. The standard InChI is InChI=1S/C53H94O13S/c1-7-9-11-13-15-17-19-21-23-25-27-29-31-33-35-37-48(58)60-39-46(65-49(59)38-36-34-32-30-28-26-24-22-20-18-16-14-12-10-8-2)40-61-53-52(64-44(5)56)51(63-43(4)55)50(62-42(3)54)47(66-53)41-67-45(6)57/h46-47,50-53H,7-41H2,1-6H3/t46?,47-,50-,51+,52-,53+/m1/s1. The van der Waals surface area contributed by atoms with E-state index in [9.17, 15) is 28.8 Å². The SMILES string of the molecule is CCCCCCCCCCCCCCCCCC(=O)OCC(CO[C@H]1O[C@H](CSC(C)=O)[C@@H](OC(C)=O)[C@H](OC(C)=O)[C@H]1OC(C)=O)OC(=O)CCCCCCCCCCCCCCCCC. The van der Waals surface area contributed by atoms with E-state index >= 15 is 0 Å². The van der Waals surface area contributed by atoms with E-state index in [0.717, 1.165) is 64.1 Å². The van der Waals surface area contributed by atoms with Gasteiger partial charge in [0.15, 0.2) is 35.8 Å². The van der Waals surface area contributed by atoms with E-state index in [-0.39, 0.29) is 36.9 Å². The molecule has 0 aliphatic carbocycles. The Morgan fingerprint density at radius 1 is 0.448 bits per heavy atom. The molecule has 0 saturated carbocycles. The largest absolute Gasteiger partial charge is 0.462 e. The van der Waals surface area contributed by atoms with Crippen molar-refractivity contribution in [1.82, 2.24) is 0 Å². The summed E-state index contributed by atoms with van der Waals surface area (Å²) in [4.78, 5) is 74.9. The summed E-state index contributed by atoms with van der Waals surface area (Å²) in [6.45, 7) is 8.73. The Bertz CT molecular complexity index is 1310. The van der Waals surface area contributed by atoms with E-state index in [1.165, 1.54) is 155 Å². The smallest absolute Gasteiger partial charge is 0.306 e. The first-order valence-electron chi connectivity index (χ1n) is 26.6. The predicted molar refractivity (Wildman–Crippen MR) is 264 cm³/mol. The molecular formula is C53H94O13S. The van der Waals surface area contributed by atoms with Crippen LogP contribution >= 0.6 is 11.8 Å². The molecule has 1 unspecified atom stereocenters. The Labute approximate surface area is 410 Å². The first-order chi connectivity index (χ1) is 32.4. The summed E-state index contributed by atoms with van der Waals surface area (Å²) in [7, 11) is 0. The quantitative estimate of drug-likeness (QED) is 0.0321. The van der Waals surface area contributed by atoms with E-state index in [1.54, 1.807) is 0 Å². The number of carbonyl (C=O) groups excluding carboxylic acids is 6. The van der Waals surface area contributed by atoms with Gasteiger partial charge in [0.25, 0.3) is 0 Å². The number of esters is 5. The highest BCUT2D eigenvalue weighted by Gasteiger charge is 2.52. The van der Waals surface area contributed by atoms with Gasteiger partial charge in [0.1, 0.15) is 12.7 Å².